The first kappa shape index (κ1) is 22.7. The zero-order valence-electron chi connectivity index (χ0n) is 17.3. The summed E-state index contributed by atoms with van der Waals surface area (Å²) in [6.45, 7) is 4.46. The molecule has 29 heavy (non-hydrogen) atoms. The molecule has 2 N–H and O–H groups in total. The molecule has 0 atom stereocenters. The fourth-order valence-electron chi connectivity index (χ4n) is 2.67. The van der Waals surface area contributed by atoms with Crippen LogP contribution in [0.3, 0.4) is 0 Å². The summed E-state index contributed by atoms with van der Waals surface area (Å²) in [6.07, 6.45) is 0. The molecule has 7 nitrogen and oxygen atoms in total. The van der Waals surface area contributed by atoms with Crippen molar-refractivity contribution in [2.75, 3.05) is 33.8 Å². The van der Waals surface area contributed by atoms with E-state index in [1.807, 2.05) is 67.4 Å². The lowest BCUT2D eigenvalue weighted by Gasteiger charge is -2.22. The Hall–Kier alpha value is -2.58. The van der Waals surface area contributed by atoms with Gasteiger partial charge in [-0.2, -0.15) is 0 Å². The Morgan fingerprint density at radius 2 is 1.83 bits per heavy atom. The van der Waals surface area contributed by atoms with Crippen LogP contribution in [0.4, 0.5) is 0 Å². The molecular formula is C21H30N4O3S. The number of hydrogen-bond acceptors (Lipinski definition) is 4. The number of sulfonamides is 1. The predicted octanol–water partition coefficient (Wildman–Crippen LogP) is 2.21. The van der Waals surface area contributed by atoms with Crippen molar-refractivity contribution in [3.8, 4) is 5.75 Å². The van der Waals surface area contributed by atoms with Crippen molar-refractivity contribution < 1.29 is 13.2 Å². The SMILES string of the molecule is CCNC(=NCc1cccc(CS(=O)(=O)NC)c1)N(C)CCOc1ccccc1. The number of ether oxygens (including phenoxy) is 1. The van der Waals surface area contributed by atoms with Crippen molar-refractivity contribution in [2.24, 2.45) is 4.99 Å². The molecule has 0 amide bonds. The predicted molar refractivity (Wildman–Crippen MR) is 118 cm³/mol. The summed E-state index contributed by atoms with van der Waals surface area (Å²) in [6, 6.07) is 17.2. The molecule has 0 unspecified atom stereocenters. The molecule has 0 aliphatic rings. The van der Waals surface area contributed by atoms with Gasteiger partial charge in [-0.15, -0.1) is 0 Å². The third kappa shape index (κ3) is 8.13. The number of likely N-dealkylation sites (N-methyl/N-ethyl adjacent to an activating group) is 1. The van der Waals surface area contributed by atoms with E-state index >= 15 is 0 Å². The average molecular weight is 419 g/mol. The minimum atomic E-state index is -3.30. The van der Waals surface area contributed by atoms with Gasteiger partial charge in [-0.1, -0.05) is 42.5 Å². The van der Waals surface area contributed by atoms with E-state index < -0.39 is 10.0 Å². The van der Waals surface area contributed by atoms with E-state index in [2.05, 4.69) is 15.0 Å². The van der Waals surface area contributed by atoms with Crippen LogP contribution >= 0.6 is 0 Å². The summed E-state index contributed by atoms with van der Waals surface area (Å²) in [4.78, 5) is 6.69. The first-order valence-electron chi connectivity index (χ1n) is 9.60. The molecule has 0 bridgehead atoms. The Morgan fingerprint density at radius 3 is 2.52 bits per heavy atom. The van der Waals surface area contributed by atoms with Crippen molar-refractivity contribution in [3.05, 3.63) is 65.7 Å². The third-order valence-corrected chi connectivity index (χ3v) is 5.54. The van der Waals surface area contributed by atoms with Gasteiger partial charge < -0.3 is 15.0 Å². The van der Waals surface area contributed by atoms with Gasteiger partial charge >= 0.3 is 0 Å². The number of guanidine groups is 1. The van der Waals surface area contributed by atoms with Gasteiger partial charge in [-0.25, -0.2) is 18.1 Å². The second-order valence-electron chi connectivity index (χ2n) is 6.54. The van der Waals surface area contributed by atoms with Crippen LogP contribution in [-0.2, 0) is 22.3 Å². The average Bonchev–Trinajstić information content (AvgIpc) is 2.72. The monoisotopic (exact) mass is 418 g/mol. The van der Waals surface area contributed by atoms with Crippen LogP contribution in [-0.4, -0.2) is 53.1 Å². The highest BCUT2D eigenvalue weighted by Gasteiger charge is 2.09. The lowest BCUT2D eigenvalue weighted by Crippen LogP contribution is -2.40. The number of nitrogens with zero attached hydrogens (tertiary/aromatic N) is 2. The van der Waals surface area contributed by atoms with E-state index in [0.29, 0.717) is 19.7 Å². The largest absolute Gasteiger partial charge is 0.492 e. The van der Waals surface area contributed by atoms with Crippen LogP contribution in [0.15, 0.2) is 59.6 Å². The van der Waals surface area contributed by atoms with E-state index in [0.717, 1.165) is 29.4 Å². The summed E-state index contributed by atoms with van der Waals surface area (Å²) in [7, 11) is 0.0881. The van der Waals surface area contributed by atoms with Gasteiger partial charge in [-0.05, 0) is 37.2 Å². The zero-order valence-corrected chi connectivity index (χ0v) is 18.1. The first-order chi connectivity index (χ1) is 13.9. The number of nitrogens with one attached hydrogen (secondary N) is 2. The third-order valence-electron chi connectivity index (χ3n) is 4.21. The van der Waals surface area contributed by atoms with Crippen LogP contribution in [0.1, 0.15) is 18.1 Å². The second-order valence-corrected chi connectivity index (χ2v) is 8.46. The highest BCUT2D eigenvalue weighted by Crippen LogP contribution is 2.10. The molecule has 0 fully saturated rings. The molecule has 0 saturated carbocycles. The fourth-order valence-corrected chi connectivity index (χ4v) is 3.43. The zero-order chi connectivity index (χ0) is 21.1. The summed E-state index contributed by atoms with van der Waals surface area (Å²) in [5.74, 6) is 1.58. The second kappa shape index (κ2) is 11.4. The number of aliphatic imine (C=N–C) groups is 1. The minimum Gasteiger partial charge on any atom is -0.492 e. The molecule has 0 aliphatic carbocycles. The smallest absolute Gasteiger partial charge is 0.215 e. The van der Waals surface area contributed by atoms with Gasteiger partial charge in [-0.3, -0.25) is 0 Å². The number of hydrogen-bond donors (Lipinski definition) is 2. The molecule has 158 valence electrons. The number of para-hydroxylation sites is 1. The van der Waals surface area contributed by atoms with E-state index in [4.69, 9.17) is 4.74 Å². The Kier molecular flexibility index (Phi) is 8.95. The van der Waals surface area contributed by atoms with Gasteiger partial charge in [0, 0.05) is 13.6 Å². The lowest BCUT2D eigenvalue weighted by molar-refractivity contribution is 0.281. The Balaban J connectivity index is 1.97. The number of benzene rings is 2. The molecule has 8 heteroatoms. The minimum absolute atomic E-state index is 0.0438. The van der Waals surface area contributed by atoms with Gasteiger partial charge in [0.05, 0.1) is 18.8 Å². The highest BCUT2D eigenvalue weighted by molar-refractivity contribution is 7.88. The topological polar surface area (TPSA) is 83.0 Å². The van der Waals surface area contributed by atoms with Gasteiger partial charge in [0.1, 0.15) is 12.4 Å². The van der Waals surface area contributed by atoms with Crippen LogP contribution in [0, 0.1) is 0 Å². The normalized spacial score (nSPS) is 11.9. The fraction of sp³-hybridized carbons (Fsp3) is 0.381. The van der Waals surface area contributed by atoms with E-state index in [1.54, 1.807) is 6.07 Å². The highest BCUT2D eigenvalue weighted by atomic mass is 32.2. The molecule has 0 spiro atoms. The Labute approximate surface area is 173 Å². The molecule has 2 rings (SSSR count). The standard InChI is InChI=1S/C21H30N4O3S/c1-4-23-21(25(3)13-14-28-20-11-6-5-7-12-20)24-16-18-9-8-10-19(15-18)17-29(26,27)22-2/h5-12,15,22H,4,13-14,16-17H2,1-3H3,(H,23,24). The van der Waals surface area contributed by atoms with Crippen LogP contribution in [0.25, 0.3) is 0 Å². The van der Waals surface area contributed by atoms with Crippen LogP contribution < -0.4 is 14.8 Å². The van der Waals surface area contributed by atoms with Gasteiger partial charge in [0.15, 0.2) is 5.96 Å². The summed E-state index contributed by atoms with van der Waals surface area (Å²) in [5, 5.41) is 3.28. The molecule has 2 aromatic carbocycles. The Morgan fingerprint density at radius 1 is 1.10 bits per heavy atom. The molecular weight excluding hydrogens is 388 g/mol. The maximum atomic E-state index is 11.8. The molecule has 0 heterocycles. The maximum absolute atomic E-state index is 11.8. The van der Waals surface area contributed by atoms with Crippen molar-refractivity contribution in [1.82, 2.24) is 14.9 Å². The van der Waals surface area contributed by atoms with Gasteiger partial charge in [0.2, 0.25) is 10.0 Å². The maximum Gasteiger partial charge on any atom is 0.215 e. The van der Waals surface area contributed by atoms with Crippen molar-refractivity contribution >= 4 is 16.0 Å². The quantitative estimate of drug-likeness (QED) is 0.457. The molecule has 0 saturated heterocycles. The molecule has 0 aromatic heterocycles. The van der Waals surface area contributed by atoms with Crippen LogP contribution in [0.5, 0.6) is 5.75 Å². The van der Waals surface area contributed by atoms with Crippen molar-refractivity contribution in [3.63, 3.8) is 0 Å². The van der Waals surface area contributed by atoms with Crippen molar-refractivity contribution in [2.45, 2.75) is 19.2 Å². The van der Waals surface area contributed by atoms with Crippen molar-refractivity contribution in [1.29, 1.82) is 0 Å². The molecule has 0 aliphatic heterocycles. The number of rotatable bonds is 10. The summed E-state index contributed by atoms with van der Waals surface area (Å²) >= 11 is 0. The lowest BCUT2D eigenvalue weighted by atomic mass is 10.1. The van der Waals surface area contributed by atoms with E-state index in [9.17, 15) is 8.42 Å². The first-order valence-corrected chi connectivity index (χ1v) is 11.2. The summed E-state index contributed by atoms with van der Waals surface area (Å²) in [5.41, 5.74) is 1.69. The van der Waals surface area contributed by atoms with Gasteiger partial charge in [0.25, 0.3) is 0 Å². The molecule has 2 aromatic rings. The van der Waals surface area contributed by atoms with E-state index in [-0.39, 0.29) is 5.75 Å². The Bertz CT molecular complexity index is 886. The van der Waals surface area contributed by atoms with Crippen LogP contribution in [0.2, 0.25) is 0 Å². The molecule has 0 radical (unpaired) electrons. The summed E-state index contributed by atoms with van der Waals surface area (Å²) < 4.78 is 31.6. The van der Waals surface area contributed by atoms with E-state index in [1.165, 1.54) is 7.05 Å².